The first-order chi connectivity index (χ1) is 12.1. The number of pyridine rings is 1. The van der Waals surface area contributed by atoms with Crippen LogP contribution in [0.2, 0.25) is 0 Å². The third-order valence-corrected chi connectivity index (χ3v) is 5.06. The molecule has 1 aliphatic heterocycles. The maximum Gasteiger partial charge on any atom is 0.328 e. The Balaban J connectivity index is 2.16. The molecule has 0 aliphatic carbocycles. The second kappa shape index (κ2) is 7.30. The van der Waals surface area contributed by atoms with Gasteiger partial charge in [-0.25, -0.2) is 9.78 Å². The van der Waals surface area contributed by atoms with Gasteiger partial charge in [-0.3, -0.25) is 0 Å². The van der Waals surface area contributed by atoms with Gasteiger partial charge in [0, 0.05) is 41.8 Å². The molecule has 25 heavy (non-hydrogen) atoms. The first kappa shape index (κ1) is 17.5. The van der Waals surface area contributed by atoms with E-state index >= 15 is 0 Å². The lowest BCUT2D eigenvalue weighted by molar-refractivity contribution is -0.141. The minimum atomic E-state index is -0.236. The highest BCUT2D eigenvalue weighted by Gasteiger charge is 2.33. The number of esters is 1. The summed E-state index contributed by atoms with van der Waals surface area (Å²) in [7, 11) is 1.46. The topological polar surface area (TPSA) is 45.7 Å². The van der Waals surface area contributed by atoms with Gasteiger partial charge in [0.15, 0.2) is 0 Å². The number of carbonyl (C=O) groups is 1. The van der Waals surface area contributed by atoms with Gasteiger partial charge in [0.2, 0.25) is 0 Å². The summed E-state index contributed by atoms with van der Waals surface area (Å²) in [6, 6.07) is 8.27. The van der Waals surface area contributed by atoms with Crippen molar-refractivity contribution in [2.45, 2.75) is 39.7 Å². The minimum Gasteiger partial charge on any atom is -0.467 e. The molecule has 1 aliphatic rings. The third kappa shape index (κ3) is 3.15. The van der Waals surface area contributed by atoms with E-state index in [0.717, 1.165) is 49.4 Å². The highest BCUT2D eigenvalue weighted by atomic mass is 16.5. The summed E-state index contributed by atoms with van der Waals surface area (Å²) in [5, 5.41) is 2.30. The molecule has 1 fully saturated rings. The van der Waals surface area contributed by atoms with E-state index in [1.165, 1.54) is 18.2 Å². The SMILES string of the molecule is CCN(CC)c1cccc2c(N3CCCC3C(=O)OC)nc(C)cc12. The second-order valence-electron chi connectivity index (χ2n) is 6.51. The Labute approximate surface area is 149 Å². The Morgan fingerprint density at radius 3 is 2.76 bits per heavy atom. The zero-order chi connectivity index (χ0) is 18.0. The summed E-state index contributed by atoms with van der Waals surface area (Å²) in [6.07, 6.45) is 1.80. The van der Waals surface area contributed by atoms with Crippen LogP contribution in [-0.2, 0) is 9.53 Å². The zero-order valence-corrected chi connectivity index (χ0v) is 15.6. The summed E-state index contributed by atoms with van der Waals surface area (Å²) in [6.45, 7) is 9.11. The lowest BCUT2D eigenvalue weighted by atomic mass is 10.1. The van der Waals surface area contributed by atoms with Crippen LogP contribution in [0.15, 0.2) is 24.3 Å². The van der Waals surface area contributed by atoms with Gasteiger partial charge in [-0.05, 0) is 45.7 Å². The van der Waals surface area contributed by atoms with Gasteiger partial charge in [-0.15, -0.1) is 0 Å². The van der Waals surface area contributed by atoms with Crippen LogP contribution in [0.3, 0.4) is 0 Å². The molecule has 1 aromatic carbocycles. The van der Waals surface area contributed by atoms with Gasteiger partial charge >= 0.3 is 5.97 Å². The molecule has 0 amide bonds. The zero-order valence-electron chi connectivity index (χ0n) is 15.6. The van der Waals surface area contributed by atoms with E-state index in [4.69, 9.17) is 9.72 Å². The molecule has 1 atom stereocenters. The van der Waals surface area contributed by atoms with Crippen molar-refractivity contribution in [3.8, 4) is 0 Å². The molecule has 3 rings (SSSR count). The molecule has 0 saturated carbocycles. The van der Waals surface area contributed by atoms with E-state index in [-0.39, 0.29) is 12.0 Å². The highest BCUT2D eigenvalue weighted by molar-refractivity contribution is 6.01. The molecule has 0 spiro atoms. The van der Waals surface area contributed by atoms with Crippen LogP contribution in [0.1, 0.15) is 32.4 Å². The van der Waals surface area contributed by atoms with Crippen LogP contribution in [-0.4, -0.2) is 43.7 Å². The molecular weight excluding hydrogens is 314 g/mol. The molecule has 1 unspecified atom stereocenters. The molecule has 5 heteroatoms. The summed E-state index contributed by atoms with van der Waals surface area (Å²) < 4.78 is 5.01. The molecule has 134 valence electrons. The molecule has 0 radical (unpaired) electrons. The van der Waals surface area contributed by atoms with Crippen molar-refractivity contribution in [2.24, 2.45) is 0 Å². The predicted octanol–water partition coefficient (Wildman–Crippen LogP) is 3.53. The molecule has 1 saturated heterocycles. The number of methoxy groups -OCH3 is 1. The minimum absolute atomic E-state index is 0.172. The van der Waals surface area contributed by atoms with Gasteiger partial charge < -0.3 is 14.5 Å². The smallest absolute Gasteiger partial charge is 0.328 e. The number of hydrogen-bond donors (Lipinski definition) is 0. The summed E-state index contributed by atoms with van der Waals surface area (Å²) >= 11 is 0. The standard InChI is InChI=1S/C20H27N3O2/c1-5-22(6-2)17-10-7-9-15-16(17)13-14(3)21-19(15)23-12-8-11-18(23)20(24)25-4/h7,9-10,13,18H,5-6,8,11-12H2,1-4H3. The van der Waals surface area contributed by atoms with Crippen LogP contribution >= 0.6 is 0 Å². The average molecular weight is 341 g/mol. The number of hydrogen-bond acceptors (Lipinski definition) is 5. The number of benzene rings is 1. The van der Waals surface area contributed by atoms with Gasteiger partial charge in [0.1, 0.15) is 11.9 Å². The third-order valence-electron chi connectivity index (χ3n) is 5.06. The van der Waals surface area contributed by atoms with E-state index in [1.54, 1.807) is 0 Å². The normalized spacial score (nSPS) is 17.1. The number of rotatable bonds is 5. The second-order valence-corrected chi connectivity index (χ2v) is 6.51. The Hall–Kier alpha value is -2.30. The Morgan fingerprint density at radius 1 is 1.32 bits per heavy atom. The fourth-order valence-corrected chi connectivity index (χ4v) is 3.83. The Morgan fingerprint density at radius 2 is 2.08 bits per heavy atom. The van der Waals surface area contributed by atoms with E-state index in [2.05, 4.69) is 47.9 Å². The molecular formula is C20H27N3O2. The molecule has 2 aromatic rings. The molecule has 2 heterocycles. The lowest BCUT2D eigenvalue weighted by Crippen LogP contribution is -2.37. The van der Waals surface area contributed by atoms with Crippen LogP contribution < -0.4 is 9.80 Å². The van der Waals surface area contributed by atoms with Crippen molar-refractivity contribution in [2.75, 3.05) is 36.5 Å². The van der Waals surface area contributed by atoms with Gasteiger partial charge in [0.25, 0.3) is 0 Å². The first-order valence-corrected chi connectivity index (χ1v) is 9.10. The van der Waals surface area contributed by atoms with Crippen molar-refractivity contribution >= 4 is 28.2 Å². The molecule has 1 aromatic heterocycles. The van der Waals surface area contributed by atoms with Crippen molar-refractivity contribution in [3.63, 3.8) is 0 Å². The van der Waals surface area contributed by atoms with Gasteiger partial charge in [-0.1, -0.05) is 12.1 Å². The fourth-order valence-electron chi connectivity index (χ4n) is 3.83. The maximum absolute atomic E-state index is 12.2. The Bertz CT molecular complexity index is 771. The van der Waals surface area contributed by atoms with Crippen molar-refractivity contribution in [1.29, 1.82) is 0 Å². The number of carbonyl (C=O) groups excluding carboxylic acids is 1. The van der Waals surface area contributed by atoms with Crippen LogP contribution in [0.25, 0.3) is 10.8 Å². The number of aryl methyl sites for hydroxylation is 1. The largest absolute Gasteiger partial charge is 0.467 e. The lowest BCUT2D eigenvalue weighted by Gasteiger charge is -2.27. The van der Waals surface area contributed by atoms with Crippen molar-refractivity contribution < 1.29 is 9.53 Å². The van der Waals surface area contributed by atoms with E-state index in [9.17, 15) is 4.79 Å². The van der Waals surface area contributed by atoms with Crippen LogP contribution in [0.5, 0.6) is 0 Å². The van der Waals surface area contributed by atoms with E-state index in [0.29, 0.717) is 0 Å². The number of fused-ring (bicyclic) bond motifs is 1. The summed E-state index contributed by atoms with van der Waals surface area (Å²) in [5.74, 6) is 0.728. The number of nitrogens with zero attached hydrogens (tertiary/aromatic N) is 3. The Kier molecular flexibility index (Phi) is 5.11. The van der Waals surface area contributed by atoms with Crippen molar-refractivity contribution in [3.05, 3.63) is 30.0 Å². The van der Waals surface area contributed by atoms with E-state index in [1.807, 2.05) is 6.92 Å². The quantitative estimate of drug-likeness (QED) is 0.779. The van der Waals surface area contributed by atoms with Crippen LogP contribution in [0, 0.1) is 6.92 Å². The summed E-state index contributed by atoms with van der Waals surface area (Å²) in [5.41, 5.74) is 2.20. The summed E-state index contributed by atoms with van der Waals surface area (Å²) in [4.78, 5) is 21.5. The first-order valence-electron chi connectivity index (χ1n) is 9.10. The van der Waals surface area contributed by atoms with Gasteiger partial charge in [-0.2, -0.15) is 0 Å². The maximum atomic E-state index is 12.2. The number of aromatic nitrogens is 1. The fraction of sp³-hybridized carbons (Fsp3) is 0.500. The molecule has 0 N–H and O–H groups in total. The highest BCUT2D eigenvalue weighted by Crippen LogP contribution is 2.35. The number of anilines is 2. The van der Waals surface area contributed by atoms with Crippen LogP contribution in [0.4, 0.5) is 11.5 Å². The van der Waals surface area contributed by atoms with Gasteiger partial charge in [0.05, 0.1) is 7.11 Å². The van der Waals surface area contributed by atoms with E-state index < -0.39 is 0 Å². The predicted molar refractivity (Wildman–Crippen MR) is 102 cm³/mol. The monoisotopic (exact) mass is 341 g/mol. The number of ether oxygens (including phenoxy) is 1. The molecule has 5 nitrogen and oxygen atoms in total. The molecule has 0 bridgehead atoms. The van der Waals surface area contributed by atoms with Crippen molar-refractivity contribution in [1.82, 2.24) is 4.98 Å². The average Bonchev–Trinajstić information content (AvgIpc) is 3.11.